The number of fused-ring (bicyclic) bond motifs is 3. The Balaban J connectivity index is 1.32. The molecule has 6 rings (SSSR count). The van der Waals surface area contributed by atoms with Gasteiger partial charge in [-0.25, -0.2) is 9.78 Å². The van der Waals surface area contributed by atoms with Crippen molar-refractivity contribution in [2.24, 2.45) is 0 Å². The summed E-state index contributed by atoms with van der Waals surface area (Å²) >= 11 is 1.62. The molecule has 0 saturated heterocycles. The molecular weight excluding hydrogens is 482 g/mol. The number of nitrogens with zero attached hydrogens (tertiary/aromatic N) is 2. The van der Waals surface area contributed by atoms with Crippen LogP contribution in [0.25, 0.3) is 22.4 Å². The van der Waals surface area contributed by atoms with E-state index in [1.807, 2.05) is 91.9 Å². The Kier molecular flexibility index (Phi) is 5.98. The van der Waals surface area contributed by atoms with Crippen molar-refractivity contribution in [3.8, 4) is 11.4 Å². The quantitative estimate of drug-likeness (QED) is 0.260. The first kappa shape index (κ1) is 23.1. The molecule has 37 heavy (non-hydrogen) atoms. The molecule has 0 saturated carbocycles. The summed E-state index contributed by atoms with van der Waals surface area (Å²) in [4.78, 5) is 38.9. The number of para-hydroxylation sites is 4. The van der Waals surface area contributed by atoms with E-state index in [4.69, 9.17) is 4.74 Å². The summed E-state index contributed by atoms with van der Waals surface area (Å²) in [6, 6.07) is 30.4. The van der Waals surface area contributed by atoms with Crippen LogP contribution in [-0.4, -0.2) is 27.9 Å². The third-order valence-corrected chi connectivity index (χ3v) is 7.47. The molecule has 1 unspecified atom stereocenters. The highest BCUT2D eigenvalue weighted by Crippen LogP contribution is 2.48. The van der Waals surface area contributed by atoms with Crippen LogP contribution in [0.4, 0.5) is 11.4 Å². The average Bonchev–Trinajstić information content (AvgIpc) is 3.38. The fourth-order valence-corrected chi connectivity index (χ4v) is 5.59. The number of H-pyrrole nitrogens is 1. The van der Waals surface area contributed by atoms with Crippen molar-refractivity contribution < 1.29 is 14.3 Å². The normalized spacial score (nSPS) is 13.1. The lowest BCUT2D eigenvalue weighted by molar-refractivity contribution is -0.126. The molecule has 5 aromatic rings. The van der Waals surface area contributed by atoms with Gasteiger partial charge in [-0.05, 0) is 48.9 Å². The van der Waals surface area contributed by atoms with Crippen LogP contribution in [0.1, 0.15) is 23.7 Å². The fourth-order valence-electron chi connectivity index (χ4n) is 4.54. The number of aromatic nitrogens is 2. The molecule has 1 aliphatic heterocycles. The molecule has 2 heterocycles. The molecule has 1 aliphatic rings. The maximum Gasteiger partial charge on any atom is 0.339 e. The van der Waals surface area contributed by atoms with E-state index in [-0.39, 0.29) is 5.91 Å². The first-order valence-electron chi connectivity index (χ1n) is 12.1. The molecule has 1 N–H and O–H groups in total. The topological polar surface area (TPSA) is 75.3 Å². The molecule has 1 amide bonds. The number of anilines is 2. The SMILES string of the molecule is CCC(OC(=O)c1ccccc1-c1nc2ccccc2[nH]1)C(=O)N1c2ccccc2Sc2ccccc21. The standard InChI is InChI=1S/C30H23N3O3S/c1-2-25(29(34)33-23-15-7-9-17-26(23)37-27-18-10-8-16-24(27)33)36-30(35)20-12-4-3-11-19(20)28-31-21-13-5-6-14-22(21)32-28/h3-18,25H,2H2,1H3,(H,31,32). The molecule has 1 atom stereocenters. The second-order valence-corrected chi connectivity index (χ2v) is 9.75. The van der Waals surface area contributed by atoms with Gasteiger partial charge in [0.1, 0.15) is 5.82 Å². The Labute approximate surface area is 218 Å². The van der Waals surface area contributed by atoms with Crippen molar-refractivity contribution in [2.75, 3.05) is 4.90 Å². The molecule has 182 valence electrons. The van der Waals surface area contributed by atoms with Gasteiger partial charge in [0, 0.05) is 15.4 Å². The molecule has 4 aromatic carbocycles. The van der Waals surface area contributed by atoms with E-state index in [2.05, 4.69) is 9.97 Å². The van der Waals surface area contributed by atoms with Crippen LogP contribution in [0.5, 0.6) is 0 Å². The highest BCUT2D eigenvalue weighted by molar-refractivity contribution is 7.99. The first-order valence-corrected chi connectivity index (χ1v) is 12.9. The van der Waals surface area contributed by atoms with Crippen LogP contribution in [0, 0.1) is 0 Å². The van der Waals surface area contributed by atoms with E-state index < -0.39 is 12.1 Å². The van der Waals surface area contributed by atoms with Gasteiger partial charge < -0.3 is 9.72 Å². The zero-order chi connectivity index (χ0) is 25.4. The molecule has 0 fully saturated rings. The Bertz CT molecular complexity index is 1570. The third-order valence-electron chi connectivity index (χ3n) is 6.34. The number of aromatic amines is 1. The second kappa shape index (κ2) is 9.59. The zero-order valence-electron chi connectivity index (χ0n) is 20.0. The lowest BCUT2D eigenvalue weighted by Crippen LogP contribution is -2.39. The molecular formula is C30H23N3O3S. The fraction of sp³-hybridized carbons (Fsp3) is 0.100. The summed E-state index contributed by atoms with van der Waals surface area (Å²) in [5.74, 6) is -0.273. The van der Waals surface area contributed by atoms with Gasteiger partial charge in [0.05, 0.1) is 28.0 Å². The number of ether oxygens (including phenoxy) is 1. The average molecular weight is 506 g/mol. The van der Waals surface area contributed by atoms with E-state index in [0.717, 1.165) is 32.2 Å². The molecule has 0 bridgehead atoms. The number of nitrogens with one attached hydrogen (secondary N) is 1. The van der Waals surface area contributed by atoms with Crippen LogP contribution in [-0.2, 0) is 9.53 Å². The molecule has 1 aromatic heterocycles. The number of rotatable bonds is 5. The molecule has 0 aliphatic carbocycles. The predicted octanol–water partition coefficient (Wildman–Crippen LogP) is 6.99. The number of benzene rings is 4. The van der Waals surface area contributed by atoms with Gasteiger partial charge in [-0.2, -0.15) is 0 Å². The van der Waals surface area contributed by atoms with E-state index >= 15 is 0 Å². The van der Waals surface area contributed by atoms with Crippen LogP contribution in [0.2, 0.25) is 0 Å². The van der Waals surface area contributed by atoms with E-state index in [0.29, 0.717) is 23.4 Å². The summed E-state index contributed by atoms with van der Waals surface area (Å²) < 4.78 is 5.89. The van der Waals surface area contributed by atoms with Gasteiger partial charge in [0.25, 0.3) is 5.91 Å². The monoisotopic (exact) mass is 505 g/mol. The maximum absolute atomic E-state index is 13.9. The third kappa shape index (κ3) is 4.17. The highest BCUT2D eigenvalue weighted by Gasteiger charge is 2.34. The molecule has 7 heteroatoms. The molecule has 0 radical (unpaired) electrons. The highest BCUT2D eigenvalue weighted by atomic mass is 32.2. The van der Waals surface area contributed by atoms with Crippen LogP contribution >= 0.6 is 11.8 Å². The van der Waals surface area contributed by atoms with Gasteiger partial charge in [0.2, 0.25) is 0 Å². The van der Waals surface area contributed by atoms with E-state index in [9.17, 15) is 9.59 Å². The number of hydrogen-bond acceptors (Lipinski definition) is 5. The Morgan fingerprint density at radius 3 is 2.19 bits per heavy atom. The van der Waals surface area contributed by atoms with Crippen molar-refractivity contribution in [3.63, 3.8) is 0 Å². The summed E-state index contributed by atoms with van der Waals surface area (Å²) in [7, 11) is 0. The molecule has 6 nitrogen and oxygen atoms in total. The van der Waals surface area contributed by atoms with Crippen molar-refractivity contribution in [2.45, 2.75) is 29.2 Å². The van der Waals surface area contributed by atoms with Crippen molar-refractivity contribution in [1.82, 2.24) is 9.97 Å². The number of amides is 1. The van der Waals surface area contributed by atoms with Crippen molar-refractivity contribution in [1.29, 1.82) is 0 Å². The van der Waals surface area contributed by atoms with Crippen LogP contribution < -0.4 is 4.90 Å². The van der Waals surface area contributed by atoms with Gasteiger partial charge >= 0.3 is 5.97 Å². The number of imidazole rings is 1. The minimum atomic E-state index is -0.958. The maximum atomic E-state index is 13.9. The predicted molar refractivity (Wildman–Crippen MR) is 145 cm³/mol. The van der Waals surface area contributed by atoms with Gasteiger partial charge in [0.15, 0.2) is 6.10 Å². The number of carbonyl (C=O) groups is 2. The van der Waals surface area contributed by atoms with Gasteiger partial charge in [-0.15, -0.1) is 0 Å². The summed E-state index contributed by atoms with van der Waals surface area (Å²) in [6.07, 6.45) is -0.619. The van der Waals surface area contributed by atoms with Gasteiger partial charge in [-0.3, -0.25) is 9.69 Å². The Hall–Kier alpha value is -4.36. The smallest absolute Gasteiger partial charge is 0.339 e. The number of carbonyl (C=O) groups excluding carboxylic acids is 2. The van der Waals surface area contributed by atoms with Gasteiger partial charge in [-0.1, -0.05) is 73.3 Å². The zero-order valence-corrected chi connectivity index (χ0v) is 20.9. The lowest BCUT2D eigenvalue weighted by Gasteiger charge is -2.33. The number of esters is 1. The van der Waals surface area contributed by atoms with Crippen LogP contribution in [0.15, 0.2) is 107 Å². The van der Waals surface area contributed by atoms with E-state index in [1.54, 1.807) is 28.8 Å². The Morgan fingerprint density at radius 2 is 1.49 bits per heavy atom. The second-order valence-electron chi connectivity index (χ2n) is 8.66. The lowest BCUT2D eigenvalue weighted by atomic mass is 10.1. The van der Waals surface area contributed by atoms with Crippen molar-refractivity contribution >= 4 is 46.0 Å². The number of hydrogen-bond donors (Lipinski definition) is 1. The molecule has 0 spiro atoms. The van der Waals surface area contributed by atoms with E-state index in [1.165, 1.54) is 0 Å². The summed E-state index contributed by atoms with van der Waals surface area (Å²) in [6.45, 7) is 1.84. The van der Waals surface area contributed by atoms with Crippen LogP contribution in [0.3, 0.4) is 0 Å². The summed E-state index contributed by atoms with van der Waals surface area (Å²) in [5, 5.41) is 0. The van der Waals surface area contributed by atoms with Crippen molar-refractivity contribution in [3.05, 3.63) is 103 Å². The largest absolute Gasteiger partial charge is 0.449 e. The first-order chi connectivity index (χ1) is 18.1. The minimum absolute atomic E-state index is 0.280. The Morgan fingerprint density at radius 1 is 0.865 bits per heavy atom. The minimum Gasteiger partial charge on any atom is -0.449 e. The summed E-state index contributed by atoms with van der Waals surface area (Å²) in [5.41, 5.74) is 4.23.